The molecule has 0 aliphatic rings. The minimum atomic E-state index is -0.491. The number of benzene rings is 1. The van der Waals surface area contributed by atoms with Crippen molar-refractivity contribution in [3.05, 3.63) is 59.2 Å². The first-order chi connectivity index (χ1) is 10.1. The predicted molar refractivity (Wildman–Crippen MR) is 77.3 cm³/mol. The highest BCUT2D eigenvalue weighted by Gasteiger charge is 2.09. The Morgan fingerprint density at radius 3 is 2.81 bits per heavy atom. The van der Waals surface area contributed by atoms with Crippen LogP contribution in [-0.4, -0.2) is 22.6 Å². The van der Waals surface area contributed by atoms with E-state index in [1.165, 1.54) is 12.1 Å². The molecule has 2 aromatic rings. The quantitative estimate of drug-likeness (QED) is 0.830. The normalized spacial score (nSPS) is 9.67. The number of aliphatic hydroxyl groups excluding tert-OH is 1. The number of carbonyl (C=O) groups is 1. The van der Waals surface area contributed by atoms with Crippen molar-refractivity contribution in [1.29, 1.82) is 0 Å². The molecule has 1 aromatic carbocycles. The molecule has 1 aromatic heterocycles. The monoisotopic (exact) mass is 284 g/mol. The number of carbonyl (C=O) groups excluding carboxylic acids is 1. The van der Waals surface area contributed by atoms with E-state index in [0.29, 0.717) is 5.69 Å². The van der Waals surface area contributed by atoms with Crippen LogP contribution in [-0.2, 0) is 0 Å². The molecular weight excluding hydrogens is 271 g/mol. The van der Waals surface area contributed by atoms with Gasteiger partial charge in [0.15, 0.2) is 0 Å². The molecule has 0 bridgehead atoms. The van der Waals surface area contributed by atoms with E-state index in [0.717, 1.165) is 17.3 Å². The summed E-state index contributed by atoms with van der Waals surface area (Å²) in [5.41, 5.74) is 2.34. The van der Waals surface area contributed by atoms with E-state index in [1.807, 2.05) is 6.92 Å². The third kappa shape index (κ3) is 3.88. The molecule has 0 atom stereocenters. The lowest BCUT2D eigenvalue weighted by Gasteiger charge is -2.08. The predicted octanol–water partition coefficient (Wildman–Crippen LogP) is 2.13. The fourth-order valence-electron chi connectivity index (χ4n) is 1.72. The molecule has 4 nitrogen and oxygen atoms in total. The highest BCUT2D eigenvalue weighted by atomic mass is 19.1. The Bertz CT molecular complexity index is 715. The summed E-state index contributed by atoms with van der Waals surface area (Å²) < 4.78 is 12.8. The van der Waals surface area contributed by atoms with Gasteiger partial charge in [-0.05, 0) is 42.8 Å². The number of aryl methyl sites for hydroxylation is 1. The van der Waals surface area contributed by atoms with Gasteiger partial charge in [-0.1, -0.05) is 11.8 Å². The topological polar surface area (TPSA) is 62.2 Å². The fourth-order valence-corrected chi connectivity index (χ4v) is 1.72. The van der Waals surface area contributed by atoms with Gasteiger partial charge in [0.1, 0.15) is 18.1 Å². The summed E-state index contributed by atoms with van der Waals surface area (Å²) in [6.07, 6.45) is 0.995. The van der Waals surface area contributed by atoms with Gasteiger partial charge in [-0.3, -0.25) is 4.79 Å². The van der Waals surface area contributed by atoms with Crippen molar-refractivity contribution >= 4 is 11.6 Å². The Morgan fingerprint density at radius 2 is 2.19 bits per heavy atom. The zero-order valence-corrected chi connectivity index (χ0v) is 11.4. The van der Waals surface area contributed by atoms with Crippen molar-refractivity contribution in [1.82, 2.24) is 4.98 Å². The molecule has 0 fully saturated rings. The Labute approximate surface area is 121 Å². The van der Waals surface area contributed by atoms with Crippen LogP contribution in [0.5, 0.6) is 0 Å². The Balaban J connectivity index is 2.16. The summed E-state index contributed by atoms with van der Waals surface area (Å²) in [6.45, 7) is 1.63. The van der Waals surface area contributed by atoms with Crippen LogP contribution < -0.4 is 5.32 Å². The van der Waals surface area contributed by atoms with Crippen LogP contribution in [0.4, 0.5) is 10.1 Å². The van der Waals surface area contributed by atoms with Crippen LogP contribution >= 0.6 is 0 Å². The number of hydrogen-bond acceptors (Lipinski definition) is 3. The molecule has 106 valence electrons. The van der Waals surface area contributed by atoms with Gasteiger partial charge in [0.25, 0.3) is 5.91 Å². The second kappa shape index (κ2) is 6.64. The Hall–Kier alpha value is -2.71. The van der Waals surface area contributed by atoms with Crippen molar-refractivity contribution in [3.8, 4) is 11.8 Å². The fraction of sp³-hybridized carbons (Fsp3) is 0.125. The standard InChI is InChI=1S/C16H13FN2O2/c1-11-9-12(3-2-8-20)4-6-14(11)19-16(21)15-7-5-13(17)10-18-15/h4-7,9-10,20H,8H2,1H3,(H,19,21). The molecule has 0 spiro atoms. The van der Waals surface area contributed by atoms with E-state index in [2.05, 4.69) is 22.1 Å². The number of hydrogen-bond donors (Lipinski definition) is 2. The van der Waals surface area contributed by atoms with Gasteiger partial charge in [-0.25, -0.2) is 9.37 Å². The molecule has 0 aliphatic heterocycles. The molecule has 2 N–H and O–H groups in total. The first-order valence-electron chi connectivity index (χ1n) is 6.23. The molecule has 0 radical (unpaired) electrons. The minimum Gasteiger partial charge on any atom is -0.384 e. The molecule has 21 heavy (non-hydrogen) atoms. The Morgan fingerprint density at radius 1 is 1.38 bits per heavy atom. The van der Waals surface area contributed by atoms with E-state index < -0.39 is 11.7 Å². The highest BCUT2D eigenvalue weighted by molar-refractivity contribution is 6.03. The second-order valence-corrected chi connectivity index (χ2v) is 4.31. The smallest absolute Gasteiger partial charge is 0.274 e. The molecule has 5 heteroatoms. The third-order valence-electron chi connectivity index (χ3n) is 2.75. The van der Waals surface area contributed by atoms with E-state index >= 15 is 0 Å². The summed E-state index contributed by atoms with van der Waals surface area (Å²) in [4.78, 5) is 15.7. The van der Waals surface area contributed by atoms with Crippen molar-refractivity contribution < 1.29 is 14.3 Å². The van der Waals surface area contributed by atoms with Crippen molar-refractivity contribution in [2.24, 2.45) is 0 Å². The van der Waals surface area contributed by atoms with Gasteiger partial charge in [0.05, 0.1) is 6.20 Å². The van der Waals surface area contributed by atoms with Gasteiger partial charge in [0.2, 0.25) is 0 Å². The molecule has 0 saturated carbocycles. The van der Waals surface area contributed by atoms with Crippen LogP contribution in [0.3, 0.4) is 0 Å². The van der Waals surface area contributed by atoms with E-state index in [1.54, 1.807) is 18.2 Å². The number of nitrogens with zero attached hydrogens (tertiary/aromatic N) is 1. The average molecular weight is 284 g/mol. The zero-order chi connectivity index (χ0) is 15.2. The van der Waals surface area contributed by atoms with Gasteiger partial charge < -0.3 is 10.4 Å². The van der Waals surface area contributed by atoms with Gasteiger partial charge in [-0.15, -0.1) is 0 Å². The molecule has 1 heterocycles. The lowest BCUT2D eigenvalue weighted by atomic mass is 10.1. The van der Waals surface area contributed by atoms with Crippen LogP contribution in [0.15, 0.2) is 36.5 Å². The van der Waals surface area contributed by atoms with Gasteiger partial charge in [0, 0.05) is 11.3 Å². The van der Waals surface area contributed by atoms with Crippen LogP contribution in [0.2, 0.25) is 0 Å². The third-order valence-corrected chi connectivity index (χ3v) is 2.75. The van der Waals surface area contributed by atoms with E-state index in [9.17, 15) is 9.18 Å². The number of nitrogens with one attached hydrogen (secondary N) is 1. The summed E-state index contributed by atoms with van der Waals surface area (Å²) in [7, 11) is 0. The molecule has 0 unspecified atom stereocenters. The summed E-state index contributed by atoms with van der Waals surface area (Å²) in [5.74, 6) is 4.44. The maximum absolute atomic E-state index is 12.8. The first kappa shape index (κ1) is 14.7. The maximum Gasteiger partial charge on any atom is 0.274 e. The molecule has 0 saturated heterocycles. The van der Waals surface area contributed by atoms with Crippen molar-refractivity contribution in [2.75, 3.05) is 11.9 Å². The van der Waals surface area contributed by atoms with Crippen LogP contribution in [0.25, 0.3) is 0 Å². The van der Waals surface area contributed by atoms with Crippen molar-refractivity contribution in [2.45, 2.75) is 6.92 Å². The van der Waals surface area contributed by atoms with Gasteiger partial charge >= 0.3 is 0 Å². The average Bonchev–Trinajstić information content (AvgIpc) is 2.48. The minimum absolute atomic E-state index is 0.139. The van der Waals surface area contributed by atoms with Crippen LogP contribution in [0.1, 0.15) is 21.6 Å². The summed E-state index contributed by atoms with van der Waals surface area (Å²) in [5, 5.41) is 11.4. The number of anilines is 1. The summed E-state index contributed by atoms with van der Waals surface area (Å²) >= 11 is 0. The first-order valence-corrected chi connectivity index (χ1v) is 6.23. The number of pyridine rings is 1. The van der Waals surface area contributed by atoms with Crippen LogP contribution in [0, 0.1) is 24.6 Å². The SMILES string of the molecule is Cc1cc(C#CCO)ccc1NC(=O)c1ccc(F)cn1. The maximum atomic E-state index is 12.8. The molecule has 2 rings (SSSR count). The van der Waals surface area contributed by atoms with E-state index in [-0.39, 0.29) is 12.3 Å². The molecule has 0 aliphatic carbocycles. The molecular formula is C16H13FN2O2. The number of aliphatic hydroxyl groups is 1. The Kier molecular flexibility index (Phi) is 4.64. The zero-order valence-electron chi connectivity index (χ0n) is 11.4. The highest BCUT2D eigenvalue weighted by Crippen LogP contribution is 2.17. The van der Waals surface area contributed by atoms with Crippen molar-refractivity contribution in [3.63, 3.8) is 0 Å². The van der Waals surface area contributed by atoms with E-state index in [4.69, 9.17) is 5.11 Å². The number of rotatable bonds is 2. The molecule has 1 amide bonds. The van der Waals surface area contributed by atoms with Gasteiger partial charge in [-0.2, -0.15) is 0 Å². The second-order valence-electron chi connectivity index (χ2n) is 4.31. The number of aromatic nitrogens is 1. The summed E-state index contributed by atoms with van der Waals surface area (Å²) in [6, 6.07) is 7.77. The lowest BCUT2D eigenvalue weighted by molar-refractivity contribution is 0.102. The number of halogens is 1. The number of amides is 1. The largest absolute Gasteiger partial charge is 0.384 e. The lowest BCUT2D eigenvalue weighted by Crippen LogP contribution is -2.14.